The van der Waals surface area contributed by atoms with Crippen LogP contribution in [-0.4, -0.2) is 55.3 Å². The maximum Gasteiger partial charge on any atom is 0.416 e. The molecule has 1 amide bonds. The summed E-state index contributed by atoms with van der Waals surface area (Å²) in [5, 5.41) is 0. The standard InChI is InChI=1S/C27H23F3N2O4/c28-27(29,30)20-9-6-10-21(17-20)31-13-15-32(16-14-31)24(33)18-36-26(35)23-12-5-4-11-22(23)25(34)19-7-2-1-3-8-19/h1-12,17H,13-16,18H2. The molecule has 1 aliphatic heterocycles. The highest BCUT2D eigenvalue weighted by Gasteiger charge is 2.31. The van der Waals surface area contributed by atoms with Gasteiger partial charge in [-0.15, -0.1) is 0 Å². The third-order valence-corrected chi connectivity index (χ3v) is 5.93. The Morgan fingerprint density at radius 3 is 2.08 bits per heavy atom. The van der Waals surface area contributed by atoms with E-state index in [1.54, 1.807) is 53.4 Å². The zero-order valence-electron chi connectivity index (χ0n) is 19.2. The molecule has 0 saturated carbocycles. The summed E-state index contributed by atoms with van der Waals surface area (Å²) in [6, 6.07) is 19.8. The summed E-state index contributed by atoms with van der Waals surface area (Å²) in [5.74, 6) is -1.54. The number of piperazine rings is 1. The highest BCUT2D eigenvalue weighted by molar-refractivity contribution is 6.14. The van der Waals surface area contributed by atoms with E-state index in [1.165, 1.54) is 23.1 Å². The van der Waals surface area contributed by atoms with Crippen molar-refractivity contribution in [3.05, 3.63) is 101 Å². The number of alkyl halides is 3. The fourth-order valence-corrected chi connectivity index (χ4v) is 3.99. The summed E-state index contributed by atoms with van der Waals surface area (Å²) in [5.41, 5.74) is 0.372. The van der Waals surface area contributed by atoms with Crippen LogP contribution in [0.4, 0.5) is 18.9 Å². The second-order valence-electron chi connectivity index (χ2n) is 8.23. The molecule has 0 aromatic heterocycles. The summed E-state index contributed by atoms with van der Waals surface area (Å²) in [6.07, 6.45) is -4.43. The van der Waals surface area contributed by atoms with Crippen LogP contribution in [-0.2, 0) is 15.7 Å². The highest BCUT2D eigenvalue weighted by Crippen LogP contribution is 2.31. The van der Waals surface area contributed by atoms with E-state index in [0.717, 1.165) is 12.1 Å². The molecule has 0 atom stereocenters. The molecule has 0 bridgehead atoms. The third-order valence-electron chi connectivity index (χ3n) is 5.93. The minimum absolute atomic E-state index is 0.0634. The van der Waals surface area contributed by atoms with Gasteiger partial charge in [-0.2, -0.15) is 13.2 Å². The summed E-state index contributed by atoms with van der Waals surface area (Å²) in [7, 11) is 0. The van der Waals surface area contributed by atoms with Crippen molar-refractivity contribution in [3.63, 3.8) is 0 Å². The molecule has 1 saturated heterocycles. The molecule has 4 rings (SSSR count). The number of nitrogens with zero attached hydrogens (tertiary/aromatic N) is 2. The number of hydrogen-bond donors (Lipinski definition) is 0. The summed E-state index contributed by atoms with van der Waals surface area (Å²) in [6.45, 7) is 0.729. The molecular weight excluding hydrogens is 473 g/mol. The van der Waals surface area contributed by atoms with Crippen LogP contribution in [0.1, 0.15) is 31.8 Å². The Bertz CT molecular complexity index is 1250. The van der Waals surface area contributed by atoms with E-state index in [1.807, 2.05) is 0 Å². The van der Waals surface area contributed by atoms with E-state index in [4.69, 9.17) is 4.74 Å². The lowest BCUT2D eigenvalue weighted by atomic mass is 9.98. The van der Waals surface area contributed by atoms with Crippen molar-refractivity contribution in [1.29, 1.82) is 0 Å². The molecule has 1 heterocycles. The number of esters is 1. The molecule has 0 N–H and O–H groups in total. The van der Waals surface area contributed by atoms with Gasteiger partial charge in [-0.25, -0.2) is 4.79 Å². The zero-order chi connectivity index (χ0) is 25.7. The summed E-state index contributed by atoms with van der Waals surface area (Å²) in [4.78, 5) is 41.4. The number of carbonyl (C=O) groups is 3. The number of halogens is 3. The van der Waals surface area contributed by atoms with E-state index in [-0.39, 0.29) is 30.0 Å². The van der Waals surface area contributed by atoms with Crippen LogP contribution in [0.25, 0.3) is 0 Å². The predicted molar refractivity (Wildman–Crippen MR) is 127 cm³/mol. The molecule has 186 valence electrons. The van der Waals surface area contributed by atoms with Crippen LogP contribution in [0.3, 0.4) is 0 Å². The first-order valence-electron chi connectivity index (χ1n) is 11.3. The molecule has 1 aliphatic rings. The van der Waals surface area contributed by atoms with E-state index in [9.17, 15) is 27.6 Å². The van der Waals surface area contributed by atoms with Gasteiger partial charge in [0.2, 0.25) is 0 Å². The molecule has 0 spiro atoms. The molecule has 0 radical (unpaired) electrons. The Balaban J connectivity index is 1.34. The third kappa shape index (κ3) is 5.73. The Morgan fingerprint density at radius 1 is 0.778 bits per heavy atom. The number of ether oxygens (including phenoxy) is 1. The second-order valence-corrected chi connectivity index (χ2v) is 8.23. The van der Waals surface area contributed by atoms with Crippen LogP contribution in [0, 0.1) is 0 Å². The minimum atomic E-state index is -4.43. The lowest BCUT2D eigenvalue weighted by molar-refractivity contribution is -0.137. The van der Waals surface area contributed by atoms with Gasteiger partial charge in [-0.1, -0.05) is 54.6 Å². The van der Waals surface area contributed by atoms with Crippen molar-refractivity contribution < 1.29 is 32.3 Å². The number of rotatable bonds is 6. The molecule has 36 heavy (non-hydrogen) atoms. The van der Waals surface area contributed by atoms with Gasteiger partial charge in [0.25, 0.3) is 5.91 Å². The van der Waals surface area contributed by atoms with Crippen LogP contribution in [0.15, 0.2) is 78.9 Å². The average Bonchev–Trinajstić information content (AvgIpc) is 2.91. The highest BCUT2D eigenvalue weighted by atomic mass is 19.4. The van der Waals surface area contributed by atoms with Gasteiger partial charge < -0.3 is 14.5 Å². The normalized spacial score (nSPS) is 13.9. The molecule has 0 aliphatic carbocycles. The first-order valence-corrected chi connectivity index (χ1v) is 11.3. The molecule has 1 fully saturated rings. The number of anilines is 1. The molecule has 9 heteroatoms. The lowest BCUT2D eigenvalue weighted by Crippen LogP contribution is -2.50. The smallest absolute Gasteiger partial charge is 0.416 e. The van der Waals surface area contributed by atoms with E-state index in [0.29, 0.717) is 24.3 Å². The first-order chi connectivity index (χ1) is 17.2. The number of amides is 1. The quantitative estimate of drug-likeness (QED) is 0.373. The molecule has 3 aromatic rings. The SMILES string of the molecule is O=C(OCC(=O)N1CCN(c2cccc(C(F)(F)F)c2)CC1)c1ccccc1C(=O)c1ccccc1. The van der Waals surface area contributed by atoms with Gasteiger partial charge in [0, 0.05) is 43.0 Å². The van der Waals surface area contributed by atoms with Gasteiger partial charge in [0.1, 0.15) is 0 Å². The lowest BCUT2D eigenvalue weighted by Gasteiger charge is -2.36. The van der Waals surface area contributed by atoms with Gasteiger partial charge in [0.05, 0.1) is 11.1 Å². The predicted octanol–water partition coefficient (Wildman–Crippen LogP) is 4.44. The molecule has 0 unspecified atom stereocenters. The maximum absolute atomic E-state index is 13.0. The first kappa shape index (κ1) is 25.0. The van der Waals surface area contributed by atoms with Crippen molar-refractivity contribution in [1.82, 2.24) is 4.90 Å². The largest absolute Gasteiger partial charge is 0.452 e. The maximum atomic E-state index is 13.0. The summed E-state index contributed by atoms with van der Waals surface area (Å²) >= 11 is 0. The zero-order valence-corrected chi connectivity index (χ0v) is 19.2. The van der Waals surface area contributed by atoms with Crippen molar-refractivity contribution in [3.8, 4) is 0 Å². The van der Waals surface area contributed by atoms with Crippen LogP contribution in [0.5, 0.6) is 0 Å². The Hall–Kier alpha value is -4.14. The van der Waals surface area contributed by atoms with Crippen LogP contribution >= 0.6 is 0 Å². The van der Waals surface area contributed by atoms with Crippen LogP contribution in [0.2, 0.25) is 0 Å². The van der Waals surface area contributed by atoms with Crippen molar-refractivity contribution in [2.24, 2.45) is 0 Å². The number of hydrogen-bond acceptors (Lipinski definition) is 5. The summed E-state index contributed by atoms with van der Waals surface area (Å²) < 4.78 is 44.2. The van der Waals surface area contributed by atoms with E-state index in [2.05, 4.69) is 0 Å². The molecular formula is C27H23F3N2O4. The molecule has 3 aromatic carbocycles. The second kappa shape index (κ2) is 10.6. The fourth-order valence-electron chi connectivity index (χ4n) is 3.99. The monoisotopic (exact) mass is 496 g/mol. The van der Waals surface area contributed by atoms with E-state index < -0.39 is 30.2 Å². The van der Waals surface area contributed by atoms with E-state index >= 15 is 0 Å². The van der Waals surface area contributed by atoms with Gasteiger partial charge in [-0.3, -0.25) is 9.59 Å². The molecule has 6 nitrogen and oxygen atoms in total. The van der Waals surface area contributed by atoms with Crippen molar-refractivity contribution >= 4 is 23.3 Å². The van der Waals surface area contributed by atoms with Crippen molar-refractivity contribution in [2.45, 2.75) is 6.18 Å². The minimum Gasteiger partial charge on any atom is -0.452 e. The topological polar surface area (TPSA) is 66.9 Å². The number of ketones is 1. The Labute approximate surface area is 205 Å². The number of carbonyl (C=O) groups excluding carboxylic acids is 3. The Kier molecular flexibility index (Phi) is 7.38. The average molecular weight is 496 g/mol. The van der Waals surface area contributed by atoms with Gasteiger partial charge in [-0.05, 0) is 24.3 Å². The fraction of sp³-hybridized carbons (Fsp3) is 0.222. The van der Waals surface area contributed by atoms with Gasteiger partial charge >= 0.3 is 12.1 Å². The number of benzene rings is 3. The van der Waals surface area contributed by atoms with Crippen LogP contribution < -0.4 is 4.90 Å². The van der Waals surface area contributed by atoms with Gasteiger partial charge in [0.15, 0.2) is 12.4 Å². The Morgan fingerprint density at radius 2 is 1.42 bits per heavy atom. The van der Waals surface area contributed by atoms with Crippen molar-refractivity contribution in [2.75, 3.05) is 37.7 Å².